The number of amides is 2. The molecule has 1 saturated carbocycles. The summed E-state index contributed by atoms with van der Waals surface area (Å²) in [6.45, 7) is 4.14. The molecule has 1 fully saturated rings. The summed E-state index contributed by atoms with van der Waals surface area (Å²) in [4.78, 5) is 23.6. The molecule has 1 aromatic rings. The first-order chi connectivity index (χ1) is 11.5. The van der Waals surface area contributed by atoms with Crippen LogP contribution in [0.2, 0.25) is 0 Å². The predicted molar refractivity (Wildman–Crippen MR) is 95.4 cm³/mol. The number of hydrogen-bond acceptors (Lipinski definition) is 3. The topological polar surface area (TPSA) is 78.4 Å². The second-order valence-electron chi connectivity index (χ2n) is 6.93. The number of carbonyl (C=O) groups excluding carboxylic acids is 2. The Bertz CT molecular complexity index is 587. The van der Waals surface area contributed by atoms with Gasteiger partial charge in [-0.2, -0.15) is 0 Å². The van der Waals surface area contributed by atoms with E-state index in [-0.39, 0.29) is 23.8 Å². The monoisotopic (exact) mass is 332 g/mol. The minimum absolute atomic E-state index is 0.0201. The molecular formula is C19H28N2O3. The number of aliphatic hydroxyl groups is 1. The van der Waals surface area contributed by atoms with Crippen molar-refractivity contribution < 1.29 is 14.7 Å². The van der Waals surface area contributed by atoms with E-state index in [1.165, 1.54) is 13.3 Å². The normalized spacial score (nSPS) is 16.5. The van der Waals surface area contributed by atoms with Crippen LogP contribution in [0.15, 0.2) is 18.2 Å². The van der Waals surface area contributed by atoms with E-state index in [2.05, 4.69) is 10.6 Å². The third-order valence-electron chi connectivity index (χ3n) is 5.04. The zero-order valence-corrected chi connectivity index (χ0v) is 14.7. The molecule has 0 bridgehead atoms. The van der Waals surface area contributed by atoms with Crippen molar-refractivity contribution in [3.05, 3.63) is 29.3 Å². The van der Waals surface area contributed by atoms with Crippen LogP contribution in [0.25, 0.3) is 0 Å². The highest BCUT2D eigenvalue weighted by molar-refractivity contribution is 5.96. The van der Waals surface area contributed by atoms with Gasteiger partial charge in [-0.3, -0.25) is 4.79 Å². The second kappa shape index (κ2) is 8.29. The fourth-order valence-electron chi connectivity index (χ4n) is 3.63. The van der Waals surface area contributed by atoms with E-state index < -0.39 is 0 Å². The van der Waals surface area contributed by atoms with Gasteiger partial charge in [0, 0.05) is 24.4 Å². The Balaban J connectivity index is 1.92. The summed E-state index contributed by atoms with van der Waals surface area (Å²) in [6.07, 6.45) is 6.41. The molecule has 5 nitrogen and oxygen atoms in total. The molecule has 0 unspecified atom stereocenters. The first kappa shape index (κ1) is 18.5. The van der Waals surface area contributed by atoms with Gasteiger partial charge in [0.25, 0.3) is 0 Å². The molecule has 24 heavy (non-hydrogen) atoms. The van der Waals surface area contributed by atoms with E-state index in [0.717, 1.165) is 37.7 Å². The summed E-state index contributed by atoms with van der Waals surface area (Å²) >= 11 is 0. The van der Waals surface area contributed by atoms with Gasteiger partial charge in [0.2, 0.25) is 0 Å². The van der Waals surface area contributed by atoms with Crippen LogP contribution in [0, 0.1) is 12.3 Å². The van der Waals surface area contributed by atoms with Crippen LogP contribution in [-0.2, 0) is 0 Å². The molecule has 5 heteroatoms. The van der Waals surface area contributed by atoms with E-state index in [1.807, 2.05) is 6.92 Å². The number of nitrogens with one attached hydrogen (secondary N) is 2. The lowest BCUT2D eigenvalue weighted by molar-refractivity contribution is 0.101. The fourth-order valence-corrected chi connectivity index (χ4v) is 3.63. The third-order valence-corrected chi connectivity index (χ3v) is 5.04. The highest BCUT2D eigenvalue weighted by Gasteiger charge is 2.31. The van der Waals surface area contributed by atoms with Gasteiger partial charge < -0.3 is 15.7 Å². The van der Waals surface area contributed by atoms with E-state index >= 15 is 0 Å². The van der Waals surface area contributed by atoms with Gasteiger partial charge in [0.05, 0.1) is 0 Å². The molecule has 0 aromatic heterocycles. The minimum Gasteiger partial charge on any atom is -0.396 e. The fraction of sp³-hybridized carbons (Fsp3) is 0.579. The molecule has 0 saturated heterocycles. The van der Waals surface area contributed by atoms with Crippen molar-refractivity contribution in [3.8, 4) is 0 Å². The van der Waals surface area contributed by atoms with Crippen molar-refractivity contribution in [2.24, 2.45) is 5.41 Å². The summed E-state index contributed by atoms with van der Waals surface area (Å²) in [6, 6.07) is 5.04. The van der Waals surface area contributed by atoms with Crippen LogP contribution in [0.3, 0.4) is 0 Å². The maximum atomic E-state index is 12.2. The third kappa shape index (κ3) is 4.81. The van der Waals surface area contributed by atoms with Crippen LogP contribution in [0.5, 0.6) is 0 Å². The number of urea groups is 1. The average Bonchev–Trinajstić information content (AvgIpc) is 2.54. The lowest BCUT2D eigenvalue weighted by Crippen LogP contribution is -2.41. The van der Waals surface area contributed by atoms with E-state index in [0.29, 0.717) is 17.8 Å². The zero-order valence-electron chi connectivity index (χ0n) is 14.7. The smallest absolute Gasteiger partial charge is 0.319 e. The van der Waals surface area contributed by atoms with Crippen molar-refractivity contribution >= 4 is 17.5 Å². The van der Waals surface area contributed by atoms with Crippen LogP contribution >= 0.6 is 0 Å². The number of benzene rings is 1. The molecule has 1 aromatic carbocycles. The summed E-state index contributed by atoms with van der Waals surface area (Å²) in [5.74, 6) is 0.0201. The molecule has 1 aliphatic carbocycles. The number of aliphatic hydroxyl groups excluding tert-OH is 1. The Morgan fingerprint density at radius 2 is 1.92 bits per heavy atom. The van der Waals surface area contributed by atoms with Crippen molar-refractivity contribution in [3.63, 3.8) is 0 Å². The summed E-state index contributed by atoms with van der Waals surface area (Å²) in [7, 11) is 0. The molecular weight excluding hydrogens is 304 g/mol. The SMILES string of the molecule is CC(=O)c1ccc(NC(=O)NCC2(CCO)CCCCC2)cc1C. The van der Waals surface area contributed by atoms with Crippen molar-refractivity contribution in [1.82, 2.24) is 5.32 Å². The minimum atomic E-state index is -0.243. The number of ketones is 1. The van der Waals surface area contributed by atoms with Gasteiger partial charge in [-0.1, -0.05) is 19.3 Å². The number of aryl methyl sites for hydroxylation is 1. The molecule has 2 amide bonds. The number of carbonyl (C=O) groups is 2. The second-order valence-corrected chi connectivity index (χ2v) is 6.93. The van der Waals surface area contributed by atoms with Gasteiger partial charge in [-0.05, 0) is 62.3 Å². The summed E-state index contributed by atoms with van der Waals surface area (Å²) in [5.41, 5.74) is 2.22. The molecule has 0 aliphatic heterocycles. The highest BCUT2D eigenvalue weighted by atomic mass is 16.3. The Morgan fingerprint density at radius 3 is 2.50 bits per heavy atom. The lowest BCUT2D eigenvalue weighted by atomic mass is 9.72. The lowest BCUT2D eigenvalue weighted by Gasteiger charge is -2.37. The number of hydrogen-bond donors (Lipinski definition) is 3. The standard InChI is InChI=1S/C19H28N2O3/c1-14-12-16(6-7-17(14)15(2)23)21-18(24)20-13-19(10-11-22)8-4-3-5-9-19/h6-7,12,22H,3-5,8-11,13H2,1-2H3,(H2,20,21,24). The zero-order chi connectivity index (χ0) is 17.6. The average molecular weight is 332 g/mol. The summed E-state index contributed by atoms with van der Waals surface area (Å²) < 4.78 is 0. The molecule has 0 heterocycles. The quantitative estimate of drug-likeness (QED) is 0.696. The summed E-state index contributed by atoms with van der Waals surface area (Å²) in [5, 5.41) is 15.1. The van der Waals surface area contributed by atoms with E-state index in [1.54, 1.807) is 18.2 Å². The van der Waals surface area contributed by atoms with Gasteiger partial charge in [0.15, 0.2) is 5.78 Å². The van der Waals surface area contributed by atoms with Crippen LogP contribution < -0.4 is 10.6 Å². The molecule has 2 rings (SSSR count). The maximum absolute atomic E-state index is 12.2. The Kier molecular flexibility index (Phi) is 6.37. The molecule has 3 N–H and O–H groups in total. The molecule has 0 radical (unpaired) electrons. The molecule has 1 aliphatic rings. The van der Waals surface area contributed by atoms with Gasteiger partial charge in [-0.15, -0.1) is 0 Å². The van der Waals surface area contributed by atoms with Crippen LogP contribution in [-0.4, -0.2) is 30.1 Å². The van der Waals surface area contributed by atoms with Crippen molar-refractivity contribution in [2.75, 3.05) is 18.5 Å². The first-order valence-electron chi connectivity index (χ1n) is 8.73. The van der Waals surface area contributed by atoms with Crippen molar-refractivity contribution in [2.45, 2.75) is 52.4 Å². The number of Topliss-reactive ketones (excluding diaryl/α,β-unsaturated/α-hetero) is 1. The Labute approximate surface area is 143 Å². The molecule has 0 spiro atoms. The Hall–Kier alpha value is -1.88. The van der Waals surface area contributed by atoms with Gasteiger partial charge in [0.1, 0.15) is 0 Å². The van der Waals surface area contributed by atoms with Crippen molar-refractivity contribution in [1.29, 1.82) is 0 Å². The van der Waals surface area contributed by atoms with Gasteiger partial charge in [-0.25, -0.2) is 4.79 Å². The van der Waals surface area contributed by atoms with E-state index in [9.17, 15) is 14.7 Å². The predicted octanol–water partition coefficient (Wildman–Crippen LogP) is 3.65. The Morgan fingerprint density at radius 1 is 1.21 bits per heavy atom. The molecule has 0 atom stereocenters. The number of anilines is 1. The molecule has 132 valence electrons. The first-order valence-corrected chi connectivity index (χ1v) is 8.73. The largest absolute Gasteiger partial charge is 0.396 e. The van der Waals surface area contributed by atoms with Crippen LogP contribution in [0.1, 0.15) is 61.4 Å². The van der Waals surface area contributed by atoms with Crippen LogP contribution in [0.4, 0.5) is 10.5 Å². The number of rotatable bonds is 6. The van der Waals surface area contributed by atoms with Gasteiger partial charge >= 0.3 is 6.03 Å². The maximum Gasteiger partial charge on any atom is 0.319 e. The highest BCUT2D eigenvalue weighted by Crippen LogP contribution is 2.38. The van der Waals surface area contributed by atoms with E-state index in [4.69, 9.17) is 0 Å².